The Bertz CT molecular complexity index is 917. The molecule has 1 atom stereocenters. The number of likely N-dealkylation sites (N-methyl/N-ethyl adjacent to an activating group) is 1. The van der Waals surface area contributed by atoms with Gasteiger partial charge >= 0.3 is 0 Å². The quantitative estimate of drug-likeness (QED) is 0.779. The van der Waals surface area contributed by atoms with E-state index in [1.54, 1.807) is 0 Å². The lowest BCUT2D eigenvalue weighted by Crippen LogP contribution is -2.41. The molecule has 0 saturated heterocycles. The molecule has 0 spiro atoms. The van der Waals surface area contributed by atoms with Crippen molar-refractivity contribution in [3.05, 3.63) is 71.0 Å². The van der Waals surface area contributed by atoms with Gasteiger partial charge in [-0.05, 0) is 61.8 Å². The van der Waals surface area contributed by atoms with Crippen molar-refractivity contribution in [2.45, 2.75) is 52.2 Å². The lowest BCUT2D eigenvalue weighted by atomic mass is 9.95. The van der Waals surface area contributed by atoms with Crippen LogP contribution in [-0.2, 0) is 6.54 Å². The molecule has 4 nitrogen and oxygen atoms in total. The van der Waals surface area contributed by atoms with Crippen molar-refractivity contribution in [2.24, 2.45) is 4.99 Å². The zero-order chi connectivity index (χ0) is 19.7. The SMILES string of the molecule is C=C1c2cccc(CNC3NC=C(C)C=C3C)c2N=C(C2=CCCCC2)N1C. The van der Waals surface area contributed by atoms with Crippen molar-refractivity contribution in [2.75, 3.05) is 7.05 Å². The Morgan fingerprint density at radius 1 is 1.29 bits per heavy atom. The van der Waals surface area contributed by atoms with Gasteiger partial charge in [0.1, 0.15) is 5.84 Å². The number of nitrogens with one attached hydrogen (secondary N) is 2. The van der Waals surface area contributed by atoms with Crippen molar-refractivity contribution in [1.29, 1.82) is 0 Å². The Morgan fingerprint density at radius 2 is 2.14 bits per heavy atom. The van der Waals surface area contributed by atoms with Crippen LogP contribution in [0.1, 0.15) is 50.7 Å². The first-order valence-electron chi connectivity index (χ1n) is 10.2. The third-order valence-corrected chi connectivity index (χ3v) is 5.83. The third kappa shape index (κ3) is 3.57. The molecule has 1 aliphatic carbocycles. The van der Waals surface area contributed by atoms with E-state index in [-0.39, 0.29) is 6.17 Å². The molecule has 0 saturated carbocycles. The number of aliphatic imine (C=N–C) groups is 1. The molecule has 4 heteroatoms. The van der Waals surface area contributed by atoms with Crippen LogP contribution in [0.2, 0.25) is 0 Å². The Labute approximate surface area is 168 Å². The predicted molar refractivity (Wildman–Crippen MR) is 118 cm³/mol. The minimum Gasteiger partial charge on any atom is -0.372 e. The number of nitrogens with zero attached hydrogens (tertiary/aromatic N) is 2. The molecule has 0 amide bonds. The second kappa shape index (κ2) is 7.80. The monoisotopic (exact) mass is 374 g/mol. The Hall–Kier alpha value is -2.59. The molecule has 1 unspecified atom stereocenters. The fraction of sp³-hybridized carbons (Fsp3) is 0.375. The largest absolute Gasteiger partial charge is 0.372 e. The smallest absolute Gasteiger partial charge is 0.136 e. The van der Waals surface area contributed by atoms with Crippen LogP contribution < -0.4 is 10.6 Å². The highest BCUT2D eigenvalue weighted by atomic mass is 15.2. The van der Waals surface area contributed by atoms with Gasteiger partial charge in [0.25, 0.3) is 0 Å². The number of benzene rings is 1. The summed E-state index contributed by atoms with van der Waals surface area (Å²) in [5.41, 5.74) is 8.33. The van der Waals surface area contributed by atoms with Gasteiger partial charge in [-0.15, -0.1) is 0 Å². The standard InChI is InChI=1S/C24H30N4/c1-16-13-17(2)23(25-14-16)26-15-20-11-8-12-21-18(3)28(4)24(27-22(20)21)19-9-6-5-7-10-19/h8-9,11-14,23,25-26H,3,5-7,10,15H2,1-2,4H3. The lowest BCUT2D eigenvalue weighted by Gasteiger charge is -2.32. The maximum absolute atomic E-state index is 5.12. The molecule has 4 rings (SSSR count). The number of rotatable bonds is 4. The molecular formula is C24H30N4. The summed E-state index contributed by atoms with van der Waals surface area (Å²) in [5.74, 6) is 1.06. The molecule has 2 N–H and O–H groups in total. The second-order valence-electron chi connectivity index (χ2n) is 7.99. The molecule has 1 aromatic carbocycles. The van der Waals surface area contributed by atoms with Crippen LogP contribution in [0.25, 0.3) is 5.70 Å². The highest BCUT2D eigenvalue weighted by molar-refractivity contribution is 6.07. The molecule has 1 aromatic rings. The number of para-hydroxylation sites is 1. The molecule has 3 aliphatic rings. The number of allylic oxidation sites excluding steroid dienone is 3. The van der Waals surface area contributed by atoms with Crippen molar-refractivity contribution in [3.63, 3.8) is 0 Å². The molecule has 0 aromatic heterocycles. The fourth-order valence-corrected chi connectivity index (χ4v) is 4.18. The summed E-state index contributed by atoms with van der Waals surface area (Å²) in [5, 5.41) is 7.06. The fourth-order valence-electron chi connectivity index (χ4n) is 4.18. The van der Waals surface area contributed by atoms with Crippen LogP contribution in [0.3, 0.4) is 0 Å². The Balaban J connectivity index is 1.62. The van der Waals surface area contributed by atoms with Gasteiger partial charge in [0, 0.05) is 31.1 Å². The maximum atomic E-state index is 5.12. The summed E-state index contributed by atoms with van der Waals surface area (Å²) < 4.78 is 0. The van der Waals surface area contributed by atoms with Gasteiger partial charge in [0.15, 0.2) is 0 Å². The van der Waals surface area contributed by atoms with E-state index in [9.17, 15) is 0 Å². The Morgan fingerprint density at radius 3 is 2.89 bits per heavy atom. The van der Waals surface area contributed by atoms with E-state index in [1.165, 1.54) is 35.1 Å². The molecule has 2 heterocycles. The summed E-state index contributed by atoms with van der Waals surface area (Å²) in [6, 6.07) is 6.41. The van der Waals surface area contributed by atoms with E-state index in [2.05, 4.69) is 79.6 Å². The third-order valence-electron chi connectivity index (χ3n) is 5.83. The molecule has 2 aliphatic heterocycles. The van der Waals surface area contributed by atoms with Crippen LogP contribution in [0.15, 0.2) is 64.8 Å². The zero-order valence-electron chi connectivity index (χ0n) is 17.2. The van der Waals surface area contributed by atoms with Crippen LogP contribution in [0, 0.1) is 0 Å². The van der Waals surface area contributed by atoms with Gasteiger partial charge in [-0.2, -0.15) is 0 Å². The molecule has 0 fully saturated rings. The van der Waals surface area contributed by atoms with Crippen molar-refractivity contribution in [3.8, 4) is 0 Å². The van der Waals surface area contributed by atoms with E-state index < -0.39 is 0 Å². The topological polar surface area (TPSA) is 39.7 Å². The highest BCUT2D eigenvalue weighted by Gasteiger charge is 2.25. The summed E-state index contributed by atoms with van der Waals surface area (Å²) >= 11 is 0. The second-order valence-corrected chi connectivity index (χ2v) is 7.99. The average Bonchev–Trinajstić information content (AvgIpc) is 2.70. The minimum absolute atomic E-state index is 0.151. The predicted octanol–water partition coefficient (Wildman–Crippen LogP) is 5.00. The molecule has 0 bridgehead atoms. The number of hydrogen-bond donors (Lipinski definition) is 2. The number of dihydropyridines is 1. The van der Waals surface area contributed by atoms with E-state index in [0.717, 1.165) is 42.2 Å². The van der Waals surface area contributed by atoms with Gasteiger partial charge < -0.3 is 10.2 Å². The van der Waals surface area contributed by atoms with E-state index in [0.29, 0.717) is 0 Å². The molecular weight excluding hydrogens is 344 g/mol. The van der Waals surface area contributed by atoms with Gasteiger partial charge in [-0.1, -0.05) is 36.9 Å². The number of fused-ring (bicyclic) bond motifs is 1. The van der Waals surface area contributed by atoms with Crippen molar-refractivity contribution < 1.29 is 0 Å². The summed E-state index contributed by atoms with van der Waals surface area (Å²) in [7, 11) is 2.08. The van der Waals surface area contributed by atoms with Gasteiger partial charge in [-0.3, -0.25) is 5.32 Å². The van der Waals surface area contributed by atoms with E-state index in [1.807, 2.05) is 0 Å². The average molecular weight is 375 g/mol. The summed E-state index contributed by atoms with van der Waals surface area (Å²) in [6.45, 7) is 9.38. The van der Waals surface area contributed by atoms with E-state index >= 15 is 0 Å². The molecule has 146 valence electrons. The highest BCUT2D eigenvalue weighted by Crippen LogP contribution is 2.37. The van der Waals surface area contributed by atoms with Crippen LogP contribution >= 0.6 is 0 Å². The van der Waals surface area contributed by atoms with Gasteiger partial charge in [-0.25, -0.2) is 4.99 Å². The molecule has 28 heavy (non-hydrogen) atoms. The van der Waals surface area contributed by atoms with Crippen molar-refractivity contribution in [1.82, 2.24) is 15.5 Å². The number of hydrogen-bond acceptors (Lipinski definition) is 4. The normalized spacial score (nSPS) is 21.9. The van der Waals surface area contributed by atoms with Crippen LogP contribution in [0.4, 0.5) is 5.69 Å². The van der Waals surface area contributed by atoms with Crippen molar-refractivity contribution >= 4 is 17.2 Å². The first-order valence-corrected chi connectivity index (χ1v) is 10.2. The van der Waals surface area contributed by atoms with Crippen LogP contribution in [0.5, 0.6) is 0 Å². The minimum atomic E-state index is 0.151. The van der Waals surface area contributed by atoms with Gasteiger partial charge in [0.2, 0.25) is 0 Å². The lowest BCUT2D eigenvalue weighted by molar-refractivity contribution is 0.519. The first kappa shape index (κ1) is 18.8. The van der Waals surface area contributed by atoms with E-state index in [4.69, 9.17) is 4.99 Å². The maximum Gasteiger partial charge on any atom is 0.136 e. The Kier molecular flexibility index (Phi) is 5.23. The van der Waals surface area contributed by atoms with Crippen LogP contribution in [-0.4, -0.2) is 23.9 Å². The summed E-state index contributed by atoms with van der Waals surface area (Å²) in [6.07, 6.45) is 11.6. The van der Waals surface area contributed by atoms with Gasteiger partial charge in [0.05, 0.1) is 11.9 Å². The summed E-state index contributed by atoms with van der Waals surface area (Å²) in [4.78, 5) is 7.27. The zero-order valence-corrected chi connectivity index (χ0v) is 17.2. The molecule has 0 radical (unpaired) electrons. The first-order chi connectivity index (χ1) is 13.5. The number of amidine groups is 1.